The molecule has 0 heterocycles. The van der Waals surface area contributed by atoms with Crippen LogP contribution in [0.25, 0.3) is 0 Å². The van der Waals surface area contributed by atoms with E-state index >= 15 is 0 Å². The fraction of sp³-hybridized carbons (Fsp3) is 0.0714. The highest BCUT2D eigenvalue weighted by Crippen LogP contribution is 2.25. The maximum absolute atomic E-state index is 13.6. The van der Waals surface area contributed by atoms with Gasteiger partial charge in [0.25, 0.3) is 0 Å². The second-order valence-electron chi connectivity index (χ2n) is 4.03. The molecule has 20 heavy (non-hydrogen) atoms. The smallest absolute Gasteiger partial charge is 0.135 e. The third kappa shape index (κ3) is 3.26. The van der Waals surface area contributed by atoms with E-state index in [0.29, 0.717) is 15.7 Å². The quantitative estimate of drug-likeness (QED) is 0.618. The standard InChI is InChI=1S/C14H10Cl2F2N2/c1-8(14-12(17)3-2-4-13(14)18)19-20-9-5-6-10(15)11(16)7-9/h2-7,20H,1H3/b19-8-. The van der Waals surface area contributed by atoms with Crippen molar-refractivity contribution < 1.29 is 8.78 Å². The Kier molecular flexibility index (Phi) is 4.57. The molecule has 1 N–H and O–H groups in total. The highest BCUT2D eigenvalue weighted by molar-refractivity contribution is 6.42. The Morgan fingerprint density at radius 3 is 2.30 bits per heavy atom. The van der Waals surface area contributed by atoms with E-state index in [1.54, 1.807) is 18.2 Å². The molecule has 0 fully saturated rings. The molecule has 0 aliphatic carbocycles. The summed E-state index contributed by atoms with van der Waals surface area (Å²) < 4.78 is 27.1. The van der Waals surface area contributed by atoms with Crippen LogP contribution in [-0.4, -0.2) is 5.71 Å². The van der Waals surface area contributed by atoms with Crippen molar-refractivity contribution in [3.63, 3.8) is 0 Å². The number of hydrogen-bond acceptors (Lipinski definition) is 2. The van der Waals surface area contributed by atoms with Gasteiger partial charge in [-0.05, 0) is 37.3 Å². The molecule has 2 rings (SSSR count). The number of halogens is 4. The van der Waals surface area contributed by atoms with Gasteiger partial charge in [0.15, 0.2) is 0 Å². The molecule has 2 nitrogen and oxygen atoms in total. The van der Waals surface area contributed by atoms with Crippen LogP contribution in [0.5, 0.6) is 0 Å². The molecule has 0 aliphatic rings. The first-order valence-electron chi connectivity index (χ1n) is 5.69. The van der Waals surface area contributed by atoms with E-state index in [2.05, 4.69) is 10.5 Å². The first-order valence-corrected chi connectivity index (χ1v) is 6.44. The molecule has 0 unspecified atom stereocenters. The van der Waals surface area contributed by atoms with Crippen LogP contribution < -0.4 is 5.43 Å². The van der Waals surface area contributed by atoms with Crippen molar-refractivity contribution in [3.8, 4) is 0 Å². The van der Waals surface area contributed by atoms with Crippen molar-refractivity contribution in [3.05, 3.63) is 63.6 Å². The molecule has 0 spiro atoms. The van der Waals surface area contributed by atoms with Crippen LogP contribution in [0.1, 0.15) is 12.5 Å². The van der Waals surface area contributed by atoms with Crippen molar-refractivity contribution in [1.29, 1.82) is 0 Å². The van der Waals surface area contributed by atoms with Crippen molar-refractivity contribution in [2.24, 2.45) is 5.10 Å². The summed E-state index contributed by atoms with van der Waals surface area (Å²) in [6.45, 7) is 1.51. The predicted molar refractivity (Wildman–Crippen MR) is 78.7 cm³/mol. The minimum absolute atomic E-state index is 0.167. The van der Waals surface area contributed by atoms with E-state index in [4.69, 9.17) is 23.2 Å². The maximum atomic E-state index is 13.6. The molecular formula is C14H10Cl2F2N2. The molecule has 0 amide bonds. The van der Waals surface area contributed by atoms with Crippen LogP contribution in [0.4, 0.5) is 14.5 Å². The monoisotopic (exact) mass is 314 g/mol. The third-order valence-electron chi connectivity index (χ3n) is 2.60. The summed E-state index contributed by atoms with van der Waals surface area (Å²) in [5.41, 5.74) is 3.26. The van der Waals surface area contributed by atoms with Gasteiger partial charge >= 0.3 is 0 Å². The van der Waals surface area contributed by atoms with Crippen LogP contribution in [0.15, 0.2) is 41.5 Å². The van der Waals surface area contributed by atoms with Gasteiger partial charge in [0.2, 0.25) is 0 Å². The molecule has 0 bridgehead atoms. The first kappa shape index (κ1) is 14.8. The molecule has 0 aromatic heterocycles. The summed E-state index contributed by atoms with van der Waals surface area (Å²) in [7, 11) is 0. The molecule has 104 valence electrons. The molecule has 0 aliphatic heterocycles. The lowest BCUT2D eigenvalue weighted by atomic mass is 10.1. The van der Waals surface area contributed by atoms with Crippen LogP contribution >= 0.6 is 23.2 Å². The lowest BCUT2D eigenvalue weighted by molar-refractivity contribution is 0.579. The lowest BCUT2D eigenvalue weighted by Gasteiger charge is -2.06. The number of nitrogens with one attached hydrogen (secondary N) is 1. The molecule has 2 aromatic rings. The maximum Gasteiger partial charge on any atom is 0.135 e. The Hall–Kier alpha value is -1.65. The van der Waals surface area contributed by atoms with Gasteiger partial charge in [-0.1, -0.05) is 29.3 Å². The zero-order valence-electron chi connectivity index (χ0n) is 10.4. The second-order valence-corrected chi connectivity index (χ2v) is 4.85. The predicted octanol–water partition coefficient (Wildman–Crippen LogP) is 5.11. The van der Waals surface area contributed by atoms with Crippen LogP contribution in [-0.2, 0) is 0 Å². The van der Waals surface area contributed by atoms with E-state index in [9.17, 15) is 8.78 Å². The van der Waals surface area contributed by atoms with Crippen molar-refractivity contribution >= 4 is 34.6 Å². The van der Waals surface area contributed by atoms with E-state index < -0.39 is 11.6 Å². The average Bonchev–Trinajstić information content (AvgIpc) is 2.40. The SMILES string of the molecule is C/C(=N/Nc1ccc(Cl)c(Cl)c1)c1c(F)cccc1F. The number of nitrogens with zero attached hydrogens (tertiary/aromatic N) is 1. The van der Waals surface area contributed by atoms with Gasteiger partial charge in [0, 0.05) is 0 Å². The van der Waals surface area contributed by atoms with Gasteiger partial charge in [0.05, 0.1) is 27.0 Å². The van der Waals surface area contributed by atoms with E-state index in [1.807, 2.05) is 0 Å². The van der Waals surface area contributed by atoms with Crippen LogP contribution in [0.2, 0.25) is 10.0 Å². The number of rotatable bonds is 3. The van der Waals surface area contributed by atoms with Gasteiger partial charge in [-0.25, -0.2) is 8.78 Å². The lowest BCUT2D eigenvalue weighted by Crippen LogP contribution is -2.05. The van der Waals surface area contributed by atoms with Crippen LogP contribution in [0.3, 0.4) is 0 Å². The number of hydrazone groups is 1. The van der Waals surface area contributed by atoms with E-state index in [-0.39, 0.29) is 11.3 Å². The molecule has 2 aromatic carbocycles. The third-order valence-corrected chi connectivity index (χ3v) is 3.34. The van der Waals surface area contributed by atoms with Crippen molar-refractivity contribution in [2.75, 3.05) is 5.43 Å². The highest BCUT2D eigenvalue weighted by Gasteiger charge is 2.11. The topological polar surface area (TPSA) is 24.4 Å². The normalized spacial score (nSPS) is 11.6. The van der Waals surface area contributed by atoms with Crippen molar-refractivity contribution in [2.45, 2.75) is 6.92 Å². The molecular weight excluding hydrogens is 305 g/mol. The van der Waals surface area contributed by atoms with E-state index in [0.717, 1.165) is 0 Å². The Morgan fingerprint density at radius 1 is 1.05 bits per heavy atom. The summed E-state index contributed by atoms with van der Waals surface area (Å²) >= 11 is 11.6. The Morgan fingerprint density at radius 2 is 1.70 bits per heavy atom. The molecule has 6 heteroatoms. The Bertz CT molecular complexity index is 652. The molecule has 0 saturated carbocycles. The van der Waals surface area contributed by atoms with Gasteiger partial charge < -0.3 is 0 Å². The fourth-order valence-electron chi connectivity index (χ4n) is 1.61. The first-order chi connectivity index (χ1) is 9.49. The average molecular weight is 315 g/mol. The van der Waals surface area contributed by atoms with Crippen molar-refractivity contribution in [1.82, 2.24) is 0 Å². The van der Waals surface area contributed by atoms with E-state index in [1.165, 1.54) is 25.1 Å². The Labute approximate surface area is 125 Å². The highest BCUT2D eigenvalue weighted by atomic mass is 35.5. The molecule has 0 saturated heterocycles. The summed E-state index contributed by atoms with van der Waals surface area (Å²) in [4.78, 5) is 0. The zero-order chi connectivity index (χ0) is 14.7. The minimum Gasteiger partial charge on any atom is -0.278 e. The fourth-order valence-corrected chi connectivity index (χ4v) is 1.91. The Balaban J connectivity index is 2.25. The minimum atomic E-state index is -0.665. The van der Waals surface area contributed by atoms with Gasteiger partial charge in [0.1, 0.15) is 11.6 Å². The zero-order valence-corrected chi connectivity index (χ0v) is 11.9. The number of anilines is 1. The number of hydrogen-bond donors (Lipinski definition) is 1. The second kappa shape index (κ2) is 6.20. The van der Waals surface area contributed by atoms with Gasteiger partial charge in [-0.3, -0.25) is 5.43 Å². The number of benzene rings is 2. The van der Waals surface area contributed by atoms with Gasteiger partial charge in [-0.2, -0.15) is 5.10 Å². The molecule has 0 atom stereocenters. The largest absolute Gasteiger partial charge is 0.278 e. The summed E-state index contributed by atoms with van der Waals surface area (Å²) in [6, 6.07) is 8.48. The molecule has 0 radical (unpaired) electrons. The van der Waals surface area contributed by atoms with Crippen LogP contribution in [0, 0.1) is 11.6 Å². The summed E-state index contributed by atoms with van der Waals surface area (Å²) in [5, 5.41) is 4.72. The van der Waals surface area contributed by atoms with Gasteiger partial charge in [-0.15, -0.1) is 0 Å². The summed E-state index contributed by atoms with van der Waals surface area (Å²) in [6.07, 6.45) is 0. The summed E-state index contributed by atoms with van der Waals surface area (Å²) in [5.74, 6) is -1.33.